The van der Waals surface area contributed by atoms with E-state index in [1.807, 2.05) is 71.3 Å². The summed E-state index contributed by atoms with van der Waals surface area (Å²) in [7, 11) is 0. The number of rotatable bonds is 4. The number of hydrogen-bond acceptors (Lipinski definition) is 3. The van der Waals surface area contributed by atoms with Crippen LogP contribution in [0.1, 0.15) is 21.6 Å². The van der Waals surface area contributed by atoms with Crippen molar-refractivity contribution >= 4 is 11.6 Å². The van der Waals surface area contributed by atoms with Gasteiger partial charge in [0.2, 0.25) is 0 Å². The molecule has 1 amide bonds. The third-order valence-electron chi connectivity index (χ3n) is 6.34. The number of para-hydroxylation sites is 1. The maximum absolute atomic E-state index is 14.2. The number of halogens is 1. The molecule has 0 saturated carbocycles. The Balaban J connectivity index is 1.46. The Morgan fingerprint density at radius 1 is 0.824 bits per heavy atom. The molecular weight excluding hydrogens is 427 g/mol. The van der Waals surface area contributed by atoms with Gasteiger partial charge in [-0.2, -0.15) is 5.10 Å². The highest BCUT2D eigenvalue weighted by molar-refractivity contribution is 5.94. The van der Waals surface area contributed by atoms with E-state index in [2.05, 4.69) is 13.0 Å². The summed E-state index contributed by atoms with van der Waals surface area (Å²) in [4.78, 5) is 17.5. The van der Waals surface area contributed by atoms with Gasteiger partial charge < -0.3 is 9.80 Å². The standard InChI is InChI=1S/C28H27FN4O/c1-20-12-13-25(21(2)18-20)33-27(19-24(30-33)22-8-4-3-5-9-22)28(34)32-16-14-31(15-17-32)26-11-7-6-10-23(26)29/h3-13,18-19H,14-17H2,1-2H3. The van der Waals surface area contributed by atoms with Gasteiger partial charge in [0.1, 0.15) is 11.5 Å². The van der Waals surface area contributed by atoms with Gasteiger partial charge in [0.05, 0.1) is 17.1 Å². The fourth-order valence-corrected chi connectivity index (χ4v) is 4.53. The van der Waals surface area contributed by atoms with E-state index in [4.69, 9.17) is 5.10 Å². The van der Waals surface area contributed by atoms with Crippen LogP contribution in [0.4, 0.5) is 10.1 Å². The van der Waals surface area contributed by atoms with E-state index in [-0.39, 0.29) is 11.7 Å². The van der Waals surface area contributed by atoms with Crippen LogP contribution in [0.5, 0.6) is 0 Å². The van der Waals surface area contributed by atoms with Gasteiger partial charge in [-0.25, -0.2) is 9.07 Å². The molecule has 6 heteroatoms. The van der Waals surface area contributed by atoms with E-state index in [1.54, 1.807) is 16.8 Å². The molecule has 0 bridgehead atoms. The smallest absolute Gasteiger partial charge is 0.272 e. The van der Waals surface area contributed by atoms with E-state index in [1.165, 1.54) is 6.07 Å². The average Bonchev–Trinajstić information content (AvgIpc) is 3.30. The van der Waals surface area contributed by atoms with Crippen molar-refractivity contribution in [2.24, 2.45) is 0 Å². The number of benzene rings is 3. The number of carbonyl (C=O) groups is 1. The summed E-state index contributed by atoms with van der Waals surface area (Å²) in [6.07, 6.45) is 0. The number of piperazine rings is 1. The molecule has 0 atom stereocenters. The SMILES string of the molecule is Cc1ccc(-n2nc(-c3ccccc3)cc2C(=O)N2CCN(c3ccccc3F)CC2)c(C)c1. The minimum atomic E-state index is -0.234. The lowest BCUT2D eigenvalue weighted by Gasteiger charge is -2.36. The molecule has 0 radical (unpaired) electrons. The molecule has 1 aliphatic heterocycles. The highest BCUT2D eigenvalue weighted by Gasteiger charge is 2.27. The minimum absolute atomic E-state index is 0.0668. The van der Waals surface area contributed by atoms with Crippen molar-refractivity contribution in [2.45, 2.75) is 13.8 Å². The van der Waals surface area contributed by atoms with Crippen LogP contribution < -0.4 is 4.90 Å². The first kappa shape index (κ1) is 21.9. The summed E-state index contributed by atoms with van der Waals surface area (Å²) in [6, 6.07) is 24.7. The van der Waals surface area contributed by atoms with E-state index in [0.29, 0.717) is 37.6 Å². The number of anilines is 1. The number of amides is 1. The van der Waals surface area contributed by atoms with Crippen LogP contribution in [0.15, 0.2) is 78.9 Å². The molecule has 5 rings (SSSR count). The van der Waals surface area contributed by atoms with Crippen LogP contribution in [0.3, 0.4) is 0 Å². The zero-order valence-electron chi connectivity index (χ0n) is 19.4. The molecular formula is C28H27FN4O. The van der Waals surface area contributed by atoms with Gasteiger partial charge in [0.15, 0.2) is 0 Å². The van der Waals surface area contributed by atoms with Crippen LogP contribution in [0, 0.1) is 19.7 Å². The van der Waals surface area contributed by atoms with Crippen molar-refractivity contribution in [2.75, 3.05) is 31.1 Å². The Bertz CT molecular complexity index is 1320. The average molecular weight is 455 g/mol. The van der Waals surface area contributed by atoms with E-state index >= 15 is 0 Å². The third kappa shape index (κ3) is 4.19. The van der Waals surface area contributed by atoms with Gasteiger partial charge in [0, 0.05) is 31.7 Å². The zero-order chi connectivity index (χ0) is 23.7. The molecule has 0 aliphatic carbocycles. The van der Waals surface area contributed by atoms with Crippen molar-refractivity contribution in [3.05, 3.63) is 102 Å². The van der Waals surface area contributed by atoms with Crippen molar-refractivity contribution in [3.63, 3.8) is 0 Å². The van der Waals surface area contributed by atoms with Gasteiger partial charge >= 0.3 is 0 Å². The van der Waals surface area contributed by atoms with Crippen LogP contribution in [-0.2, 0) is 0 Å². The molecule has 172 valence electrons. The third-order valence-corrected chi connectivity index (χ3v) is 6.34. The van der Waals surface area contributed by atoms with E-state index in [0.717, 1.165) is 28.1 Å². The number of carbonyl (C=O) groups excluding carboxylic acids is 1. The Morgan fingerprint density at radius 3 is 2.24 bits per heavy atom. The molecule has 5 nitrogen and oxygen atoms in total. The largest absolute Gasteiger partial charge is 0.366 e. The summed E-state index contributed by atoms with van der Waals surface area (Å²) in [6.45, 7) is 6.29. The zero-order valence-corrected chi connectivity index (χ0v) is 19.4. The number of aryl methyl sites for hydroxylation is 2. The molecule has 0 N–H and O–H groups in total. The molecule has 1 aromatic heterocycles. The van der Waals surface area contributed by atoms with Crippen molar-refractivity contribution in [1.82, 2.24) is 14.7 Å². The summed E-state index contributed by atoms with van der Waals surface area (Å²) in [5, 5.41) is 4.84. The van der Waals surface area contributed by atoms with Crippen LogP contribution >= 0.6 is 0 Å². The number of hydrogen-bond donors (Lipinski definition) is 0. The molecule has 3 aromatic carbocycles. The molecule has 1 fully saturated rings. The summed E-state index contributed by atoms with van der Waals surface area (Å²) >= 11 is 0. The van der Waals surface area contributed by atoms with Crippen LogP contribution in [-0.4, -0.2) is 46.8 Å². The Labute approximate surface area is 199 Å². The first-order valence-corrected chi connectivity index (χ1v) is 11.5. The second-order valence-corrected chi connectivity index (χ2v) is 8.71. The lowest BCUT2D eigenvalue weighted by atomic mass is 10.1. The molecule has 1 aliphatic rings. The van der Waals surface area contributed by atoms with Crippen LogP contribution in [0.25, 0.3) is 16.9 Å². The van der Waals surface area contributed by atoms with Gasteiger partial charge in [-0.05, 0) is 43.7 Å². The van der Waals surface area contributed by atoms with Gasteiger partial charge in [-0.15, -0.1) is 0 Å². The lowest BCUT2D eigenvalue weighted by molar-refractivity contribution is 0.0737. The van der Waals surface area contributed by atoms with Crippen molar-refractivity contribution < 1.29 is 9.18 Å². The Kier molecular flexibility index (Phi) is 5.88. The Hall–Kier alpha value is -3.93. The van der Waals surface area contributed by atoms with E-state index in [9.17, 15) is 9.18 Å². The quantitative estimate of drug-likeness (QED) is 0.423. The number of nitrogens with zero attached hydrogens (tertiary/aromatic N) is 4. The molecule has 34 heavy (non-hydrogen) atoms. The fourth-order valence-electron chi connectivity index (χ4n) is 4.53. The fraction of sp³-hybridized carbons (Fsp3) is 0.214. The molecule has 4 aromatic rings. The second-order valence-electron chi connectivity index (χ2n) is 8.71. The Morgan fingerprint density at radius 2 is 1.53 bits per heavy atom. The summed E-state index contributed by atoms with van der Waals surface area (Å²) in [5.41, 5.74) is 5.95. The second kappa shape index (κ2) is 9.14. The molecule has 0 unspecified atom stereocenters. The monoisotopic (exact) mass is 454 g/mol. The first-order chi connectivity index (χ1) is 16.5. The molecule has 2 heterocycles. The van der Waals surface area contributed by atoms with Crippen molar-refractivity contribution in [3.8, 4) is 16.9 Å². The summed E-state index contributed by atoms with van der Waals surface area (Å²) in [5.74, 6) is -0.300. The predicted molar refractivity (Wildman–Crippen MR) is 133 cm³/mol. The molecule has 1 saturated heterocycles. The van der Waals surface area contributed by atoms with Gasteiger partial charge in [-0.1, -0.05) is 60.2 Å². The highest BCUT2D eigenvalue weighted by atomic mass is 19.1. The topological polar surface area (TPSA) is 41.4 Å². The van der Waals surface area contributed by atoms with E-state index < -0.39 is 0 Å². The maximum atomic E-state index is 14.2. The van der Waals surface area contributed by atoms with Crippen molar-refractivity contribution in [1.29, 1.82) is 0 Å². The minimum Gasteiger partial charge on any atom is -0.366 e. The maximum Gasteiger partial charge on any atom is 0.272 e. The molecule has 0 spiro atoms. The predicted octanol–water partition coefficient (Wildman–Crippen LogP) is 5.26. The van der Waals surface area contributed by atoms with Crippen LogP contribution in [0.2, 0.25) is 0 Å². The first-order valence-electron chi connectivity index (χ1n) is 11.5. The normalized spacial score (nSPS) is 13.9. The number of aromatic nitrogens is 2. The highest BCUT2D eigenvalue weighted by Crippen LogP contribution is 2.26. The van der Waals surface area contributed by atoms with Gasteiger partial charge in [-0.3, -0.25) is 4.79 Å². The summed E-state index contributed by atoms with van der Waals surface area (Å²) < 4.78 is 16.0. The lowest BCUT2D eigenvalue weighted by Crippen LogP contribution is -2.49. The van der Waals surface area contributed by atoms with Gasteiger partial charge in [0.25, 0.3) is 5.91 Å².